The highest BCUT2D eigenvalue weighted by molar-refractivity contribution is 5.93. The number of hydrogen-bond donors (Lipinski definition) is 2. The summed E-state index contributed by atoms with van der Waals surface area (Å²) < 4.78 is 43.0. The molecule has 0 radical (unpaired) electrons. The molecule has 20 heavy (non-hydrogen) atoms. The Bertz CT molecular complexity index is 650. The highest BCUT2D eigenvalue weighted by Crippen LogP contribution is 2.31. The lowest BCUT2D eigenvalue weighted by atomic mass is 10.0. The number of anilines is 1. The van der Waals surface area contributed by atoms with Crippen LogP contribution < -0.4 is 11.5 Å². The van der Waals surface area contributed by atoms with Crippen molar-refractivity contribution in [2.75, 3.05) is 5.73 Å². The second kappa shape index (κ2) is 4.87. The number of carbonyl (C=O) groups excluding carboxylic acids is 1. The molecule has 0 saturated carbocycles. The van der Waals surface area contributed by atoms with Crippen molar-refractivity contribution in [3.63, 3.8) is 0 Å². The van der Waals surface area contributed by atoms with E-state index in [2.05, 4.69) is 4.98 Å². The van der Waals surface area contributed by atoms with Crippen LogP contribution in [-0.4, -0.2) is 10.9 Å². The number of nitrogens with two attached hydrogens (primary N) is 2. The lowest BCUT2D eigenvalue weighted by molar-refractivity contribution is -0.137. The van der Waals surface area contributed by atoms with Crippen molar-refractivity contribution in [3.8, 4) is 0 Å². The SMILES string of the molecule is NC(=O)c1cc(Cc2coc(N)n2)cc(C(F)(F)F)c1. The van der Waals surface area contributed by atoms with E-state index in [4.69, 9.17) is 15.9 Å². The number of nitrogens with zero attached hydrogens (tertiary/aromatic N) is 1. The van der Waals surface area contributed by atoms with Crippen molar-refractivity contribution < 1.29 is 22.4 Å². The van der Waals surface area contributed by atoms with Crippen LogP contribution in [0.25, 0.3) is 0 Å². The molecule has 2 rings (SSSR count). The van der Waals surface area contributed by atoms with Gasteiger partial charge in [0, 0.05) is 12.0 Å². The molecule has 0 spiro atoms. The minimum Gasteiger partial charge on any atom is -0.432 e. The van der Waals surface area contributed by atoms with Crippen LogP contribution in [0.2, 0.25) is 0 Å². The van der Waals surface area contributed by atoms with Crippen LogP contribution in [0.15, 0.2) is 28.9 Å². The summed E-state index contributed by atoms with van der Waals surface area (Å²) in [6.45, 7) is 0. The van der Waals surface area contributed by atoms with Gasteiger partial charge in [-0.3, -0.25) is 4.79 Å². The molecule has 2 aromatic rings. The molecule has 1 aromatic heterocycles. The summed E-state index contributed by atoms with van der Waals surface area (Å²) in [5, 5.41) is 0. The Morgan fingerprint density at radius 3 is 2.50 bits per heavy atom. The zero-order valence-corrected chi connectivity index (χ0v) is 10.1. The third kappa shape index (κ3) is 3.08. The standard InChI is InChI=1S/C12H10F3N3O2/c13-12(14,15)8-2-6(1-7(4-8)10(16)19)3-9-5-20-11(17)18-9/h1-2,4-5H,3H2,(H2,16,19)(H2,17,18). The van der Waals surface area contributed by atoms with E-state index in [-0.39, 0.29) is 23.6 Å². The van der Waals surface area contributed by atoms with Gasteiger partial charge in [0.1, 0.15) is 6.26 Å². The van der Waals surface area contributed by atoms with Gasteiger partial charge in [0.15, 0.2) is 0 Å². The number of oxazole rings is 1. The fourth-order valence-corrected chi connectivity index (χ4v) is 1.71. The first-order valence-corrected chi connectivity index (χ1v) is 5.46. The molecule has 0 unspecified atom stereocenters. The van der Waals surface area contributed by atoms with E-state index in [9.17, 15) is 18.0 Å². The quantitative estimate of drug-likeness (QED) is 0.901. The monoisotopic (exact) mass is 285 g/mol. The molecule has 0 fully saturated rings. The molecule has 1 heterocycles. The molecule has 0 aliphatic carbocycles. The van der Waals surface area contributed by atoms with Gasteiger partial charge < -0.3 is 15.9 Å². The number of rotatable bonds is 3. The van der Waals surface area contributed by atoms with E-state index in [1.165, 1.54) is 12.3 Å². The number of carbonyl (C=O) groups is 1. The fourth-order valence-electron chi connectivity index (χ4n) is 1.71. The second-order valence-electron chi connectivity index (χ2n) is 4.13. The number of amides is 1. The molecule has 8 heteroatoms. The van der Waals surface area contributed by atoms with Crippen LogP contribution in [0.3, 0.4) is 0 Å². The predicted octanol–water partition coefficient (Wildman–Crippen LogP) is 1.97. The molecule has 4 N–H and O–H groups in total. The summed E-state index contributed by atoms with van der Waals surface area (Å²) >= 11 is 0. The topological polar surface area (TPSA) is 95.1 Å². The van der Waals surface area contributed by atoms with Gasteiger partial charge in [-0.15, -0.1) is 0 Å². The molecular weight excluding hydrogens is 275 g/mol. The van der Waals surface area contributed by atoms with Gasteiger partial charge in [-0.05, 0) is 23.8 Å². The summed E-state index contributed by atoms with van der Waals surface area (Å²) in [6.07, 6.45) is -3.28. The number of nitrogen functional groups attached to an aromatic ring is 1. The van der Waals surface area contributed by atoms with Crippen LogP contribution in [0, 0.1) is 0 Å². The molecule has 0 bridgehead atoms. The van der Waals surface area contributed by atoms with E-state index >= 15 is 0 Å². The molecule has 0 aliphatic rings. The number of alkyl halides is 3. The molecule has 0 aliphatic heterocycles. The predicted molar refractivity (Wildman–Crippen MR) is 63.7 cm³/mol. The molecule has 1 amide bonds. The number of hydrogen-bond acceptors (Lipinski definition) is 4. The number of benzene rings is 1. The van der Waals surface area contributed by atoms with Crippen LogP contribution in [0.1, 0.15) is 27.2 Å². The van der Waals surface area contributed by atoms with Crippen molar-refractivity contribution in [2.45, 2.75) is 12.6 Å². The average Bonchev–Trinajstić information content (AvgIpc) is 2.73. The van der Waals surface area contributed by atoms with Gasteiger partial charge in [0.2, 0.25) is 5.91 Å². The normalized spacial score (nSPS) is 11.6. The van der Waals surface area contributed by atoms with Crippen LogP contribution >= 0.6 is 0 Å². The average molecular weight is 285 g/mol. The third-order valence-electron chi connectivity index (χ3n) is 2.56. The number of halogens is 3. The smallest absolute Gasteiger partial charge is 0.416 e. The van der Waals surface area contributed by atoms with Crippen molar-refractivity contribution in [3.05, 3.63) is 46.8 Å². The Morgan fingerprint density at radius 2 is 2.00 bits per heavy atom. The fraction of sp³-hybridized carbons (Fsp3) is 0.167. The van der Waals surface area contributed by atoms with Gasteiger partial charge in [0.25, 0.3) is 6.01 Å². The Morgan fingerprint density at radius 1 is 1.30 bits per heavy atom. The first-order chi connectivity index (χ1) is 9.25. The third-order valence-corrected chi connectivity index (χ3v) is 2.56. The van der Waals surface area contributed by atoms with Gasteiger partial charge >= 0.3 is 6.18 Å². The van der Waals surface area contributed by atoms with Gasteiger partial charge in [0.05, 0.1) is 11.3 Å². The number of aromatic nitrogens is 1. The van der Waals surface area contributed by atoms with Gasteiger partial charge in [-0.25, -0.2) is 0 Å². The summed E-state index contributed by atoms with van der Waals surface area (Å²) in [6, 6.07) is 2.84. The van der Waals surface area contributed by atoms with Crippen LogP contribution in [0.5, 0.6) is 0 Å². The Hall–Kier alpha value is -2.51. The lowest BCUT2D eigenvalue weighted by Gasteiger charge is -2.10. The molecular formula is C12H10F3N3O2. The summed E-state index contributed by atoms with van der Waals surface area (Å²) in [4.78, 5) is 14.9. The maximum absolute atomic E-state index is 12.7. The van der Waals surface area contributed by atoms with Gasteiger partial charge in [-0.2, -0.15) is 18.2 Å². The molecule has 0 saturated heterocycles. The first kappa shape index (κ1) is 13.9. The highest BCUT2D eigenvalue weighted by Gasteiger charge is 2.31. The molecule has 0 atom stereocenters. The van der Waals surface area contributed by atoms with Crippen LogP contribution in [0.4, 0.5) is 19.2 Å². The number of primary amides is 1. The summed E-state index contributed by atoms with van der Waals surface area (Å²) in [5.41, 5.74) is 9.75. The van der Waals surface area contributed by atoms with Crippen LogP contribution in [-0.2, 0) is 12.6 Å². The maximum Gasteiger partial charge on any atom is 0.416 e. The Kier molecular flexibility index (Phi) is 3.39. The molecule has 5 nitrogen and oxygen atoms in total. The van der Waals surface area contributed by atoms with E-state index in [1.54, 1.807) is 0 Å². The minimum absolute atomic E-state index is 0.0465. The second-order valence-corrected chi connectivity index (χ2v) is 4.13. The van der Waals surface area contributed by atoms with E-state index in [1.807, 2.05) is 0 Å². The largest absolute Gasteiger partial charge is 0.432 e. The van der Waals surface area contributed by atoms with Crippen molar-refractivity contribution in [2.24, 2.45) is 5.73 Å². The lowest BCUT2D eigenvalue weighted by Crippen LogP contribution is -2.14. The van der Waals surface area contributed by atoms with E-state index in [0.717, 1.165) is 6.07 Å². The van der Waals surface area contributed by atoms with Crippen molar-refractivity contribution in [1.82, 2.24) is 4.98 Å². The molecule has 106 valence electrons. The minimum atomic E-state index is -4.57. The first-order valence-electron chi connectivity index (χ1n) is 5.46. The zero-order chi connectivity index (χ0) is 14.9. The molecule has 1 aromatic carbocycles. The summed E-state index contributed by atoms with van der Waals surface area (Å²) in [7, 11) is 0. The Labute approximate surface area is 111 Å². The zero-order valence-electron chi connectivity index (χ0n) is 10.1. The van der Waals surface area contributed by atoms with E-state index in [0.29, 0.717) is 11.8 Å². The van der Waals surface area contributed by atoms with E-state index < -0.39 is 17.6 Å². The van der Waals surface area contributed by atoms with Crippen molar-refractivity contribution >= 4 is 11.9 Å². The van der Waals surface area contributed by atoms with Gasteiger partial charge in [-0.1, -0.05) is 0 Å². The highest BCUT2D eigenvalue weighted by atomic mass is 19.4. The summed E-state index contributed by atoms with van der Waals surface area (Å²) in [5.74, 6) is -0.933. The maximum atomic E-state index is 12.7. The van der Waals surface area contributed by atoms with Crippen molar-refractivity contribution in [1.29, 1.82) is 0 Å². The Balaban J connectivity index is 2.41.